The number of aryl methyl sites for hydroxylation is 1. The maximum absolute atomic E-state index is 11.4. The second kappa shape index (κ2) is 7.25. The Kier molecular flexibility index (Phi) is 5.09. The van der Waals surface area contributed by atoms with E-state index in [4.69, 9.17) is 4.74 Å². The Morgan fingerprint density at radius 3 is 2.61 bits per heavy atom. The lowest BCUT2D eigenvalue weighted by Crippen LogP contribution is -2.00. The molecule has 0 N–H and O–H groups in total. The number of ether oxygens (including phenoxy) is 1. The molecule has 3 rings (SSSR count). The molecule has 0 saturated heterocycles. The van der Waals surface area contributed by atoms with Gasteiger partial charge >= 0.3 is 5.97 Å². The normalized spacial score (nSPS) is 10.7. The fraction of sp³-hybridized carbons (Fsp3) is 0.188. The molecule has 0 amide bonds. The number of carbonyl (C=O) groups is 1. The quantitative estimate of drug-likeness (QED) is 0.488. The number of esters is 1. The molecule has 7 heteroatoms. The molecule has 0 bridgehead atoms. The molecule has 4 nitrogen and oxygen atoms in total. The lowest BCUT2D eigenvalue weighted by atomic mass is 10.1. The maximum Gasteiger partial charge on any atom is 0.337 e. The number of thioether (sulfide) groups is 1. The van der Waals surface area contributed by atoms with Crippen molar-refractivity contribution < 1.29 is 9.53 Å². The van der Waals surface area contributed by atoms with Gasteiger partial charge in [-0.25, -0.2) is 14.8 Å². The number of carbonyl (C=O) groups excluding carboxylic acids is 1. The molecular weight excluding hydrogens is 348 g/mol. The number of hydrogen-bond donors (Lipinski definition) is 0. The highest BCUT2D eigenvalue weighted by atomic mass is 32.2. The van der Waals surface area contributed by atoms with E-state index in [1.165, 1.54) is 7.11 Å². The topological polar surface area (TPSA) is 52.1 Å². The summed E-state index contributed by atoms with van der Waals surface area (Å²) >= 11 is 4.97. The second-order valence-electron chi connectivity index (χ2n) is 4.76. The molecule has 0 fully saturated rings. The Morgan fingerprint density at radius 2 is 1.96 bits per heavy atom. The molecule has 0 atom stereocenters. The fourth-order valence-electron chi connectivity index (χ4n) is 1.91. The lowest BCUT2D eigenvalue weighted by Gasteiger charge is -2.00. The van der Waals surface area contributed by atoms with Crippen LogP contribution in [-0.2, 0) is 10.5 Å². The first kappa shape index (κ1) is 16.2. The van der Waals surface area contributed by atoms with E-state index < -0.39 is 0 Å². The van der Waals surface area contributed by atoms with Crippen molar-refractivity contribution >= 4 is 40.4 Å². The van der Waals surface area contributed by atoms with Crippen molar-refractivity contribution in [2.45, 2.75) is 17.0 Å². The molecule has 3 aromatic rings. The van der Waals surface area contributed by atoms with Gasteiger partial charge in [0, 0.05) is 27.8 Å². The summed E-state index contributed by atoms with van der Waals surface area (Å²) in [6.45, 7) is 2.00. The Hall–Kier alpha value is -1.70. The highest BCUT2D eigenvalue weighted by Gasteiger charge is 2.09. The van der Waals surface area contributed by atoms with Crippen LogP contribution in [0, 0.1) is 6.92 Å². The van der Waals surface area contributed by atoms with Crippen LogP contribution in [0.4, 0.5) is 0 Å². The summed E-state index contributed by atoms with van der Waals surface area (Å²) in [5, 5.41) is 5.07. The average Bonchev–Trinajstić information content (AvgIpc) is 3.21. The monoisotopic (exact) mass is 362 g/mol. The highest BCUT2D eigenvalue weighted by Crippen LogP contribution is 2.29. The zero-order valence-corrected chi connectivity index (χ0v) is 15.1. The number of methoxy groups -OCH3 is 1. The van der Waals surface area contributed by atoms with Crippen molar-refractivity contribution in [1.29, 1.82) is 0 Å². The Morgan fingerprint density at radius 1 is 1.17 bits per heavy atom. The van der Waals surface area contributed by atoms with Crippen LogP contribution in [0.3, 0.4) is 0 Å². The van der Waals surface area contributed by atoms with Gasteiger partial charge in [0.15, 0.2) is 0 Å². The fourth-order valence-corrected chi connectivity index (χ4v) is 4.58. The minimum Gasteiger partial charge on any atom is -0.465 e. The summed E-state index contributed by atoms with van der Waals surface area (Å²) in [6, 6.07) is 7.31. The molecule has 2 aromatic heterocycles. The predicted octanol–water partition coefficient (Wildman–Crippen LogP) is 4.65. The standard InChI is InChI=1S/C16H14N2O2S3/c1-10-7-22-16(17-10)23-9-13-8-21-14(18-13)11-3-5-12(6-4-11)15(19)20-2/h3-8H,9H2,1-2H3. The molecule has 0 spiro atoms. The van der Waals surface area contributed by atoms with Crippen LogP contribution in [-0.4, -0.2) is 23.0 Å². The summed E-state index contributed by atoms with van der Waals surface area (Å²) in [4.78, 5) is 20.5. The third-order valence-electron chi connectivity index (χ3n) is 3.05. The summed E-state index contributed by atoms with van der Waals surface area (Å²) in [6.07, 6.45) is 0. The largest absolute Gasteiger partial charge is 0.465 e. The van der Waals surface area contributed by atoms with Crippen LogP contribution in [0.25, 0.3) is 10.6 Å². The Labute approximate surface area is 146 Å². The zero-order valence-electron chi connectivity index (χ0n) is 12.6. The smallest absolute Gasteiger partial charge is 0.337 e. The summed E-state index contributed by atoms with van der Waals surface area (Å²) in [5.41, 5.74) is 3.65. The number of nitrogens with zero attached hydrogens (tertiary/aromatic N) is 2. The first-order valence-corrected chi connectivity index (χ1v) is 9.58. The van der Waals surface area contributed by atoms with Crippen molar-refractivity contribution in [1.82, 2.24) is 9.97 Å². The SMILES string of the molecule is COC(=O)c1ccc(-c2nc(CSc3nc(C)cs3)cs2)cc1. The number of benzene rings is 1. The molecule has 0 unspecified atom stereocenters. The van der Waals surface area contributed by atoms with Crippen LogP contribution in [0.1, 0.15) is 21.7 Å². The van der Waals surface area contributed by atoms with E-state index in [0.717, 1.165) is 32.1 Å². The minimum absolute atomic E-state index is 0.327. The van der Waals surface area contributed by atoms with Crippen molar-refractivity contribution in [3.05, 3.63) is 52.0 Å². The molecule has 2 heterocycles. The zero-order chi connectivity index (χ0) is 16.2. The predicted molar refractivity (Wildman–Crippen MR) is 95.3 cm³/mol. The van der Waals surface area contributed by atoms with Gasteiger partial charge in [0.1, 0.15) is 9.35 Å². The molecule has 118 valence electrons. The van der Waals surface area contributed by atoms with E-state index in [-0.39, 0.29) is 5.97 Å². The molecule has 23 heavy (non-hydrogen) atoms. The number of aromatic nitrogens is 2. The molecular formula is C16H14N2O2S3. The summed E-state index contributed by atoms with van der Waals surface area (Å²) < 4.78 is 5.77. The van der Waals surface area contributed by atoms with E-state index in [9.17, 15) is 4.79 Å². The van der Waals surface area contributed by atoms with Gasteiger partial charge in [0.2, 0.25) is 0 Å². The van der Waals surface area contributed by atoms with Gasteiger partial charge in [0.25, 0.3) is 0 Å². The van der Waals surface area contributed by atoms with Crippen molar-refractivity contribution in [3.8, 4) is 10.6 Å². The van der Waals surface area contributed by atoms with Crippen molar-refractivity contribution in [2.24, 2.45) is 0 Å². The number of rotatable bonds is 5. The van der Waals surface area contributed by atoms with Crippen LogP contribution < -0.4 is 0 Å². The third kappa shape index (κ3) is 3.99. The molecule has 0 aliphatic rings. The third-order valence-corrected chi connectivity index (χ3v) is 6.16. The highest BCUT2D eigenvalue weighted by molar-refractivity contribution is 8.00. The van der Waals surface area contributed by atoms with Gasteiger partial charge in [0.05, 0.1) is 18.4 Å². The average molecular weight is 363 g/mol. The summed E-state index contributed by atoms with van der Waals surface area (Å²) in [7, 11) is 1.38. The van der Waals surface area contributed by atoms with E-state index in [2.05, 4.69) is 20.7 Å². The van der Waals surface area contributed by atoms with Gasteiger partial charge in [-0.05, 0) is 19.1 Å². The number of thiazole rings is 2. The van der Waals surface area contributed by atoms with Crippen LogP contribution in [0.2, 0.25) is 0 Å². The van der Waals surface area contributed by atoms with Crippen LogP contribution in [0.5, 0.6) is 0 Å². The molecule has 0 radical (unpaired) electrons. The first-order chi connectivity index (χ1) is 11.2. The van der Waals surface area contributed by atoms with Crippen LogP contribution in [0.15, 0.2) is 39.4 Å². The summed E-state index contributed by atoms with van der Waals surface area (Å²) in [5.74, 6) is 0.482. The van der Waals surface area contributed by atoms with E-state index >= 15 is 0 Å². The minimum atomic E-state index is -0.327. The van der Waals surface area contributed by atoms with Gasteiger partial charge in [-0.1, -0.05) is 23.9 Å². The van der Waals surface area contributed by atoms with Gasteiger partial charge in [-0.2, -0.15) is 0 Å². The Balaban J connectivity index is 1.67. The van der Waals surface area contributed by atoms with Crippen LogP contribution >= 0.6 is 34.4 Å². The molecule has 0 aliphatic heterocycles. The van der Waals surface area contributed by atoms with Gasteiger partial charge in [-0.15, -0.1) is 22.7 Å². The lowest BCUT2D eigenvalue weighted by molar-refractivity contribution is 0.0601. The van der Waals surface area contributed by atoms with E-state index in [1.807, 2.05) is 19.1 Å². The molecule has 1 aromatic carbocycles. The second-order valence-corrected chi connectivity index (χ2v) is 7.70. The maximum atomic E-state index is 11.4. The van der Waals surface area contributed by atoms with E-state index in [0.29, 0.717) is 5.56 Å². The Bertz CT molecular complexity index is 809. The van der Waals surface area contributed by atoms with Gasteiger partial charge in [-0.3, -0.25) is 0 Å². The van der Waals surface area contributed by atoms with E-state index in [1.54, 1.807) is 46.6 Å². The van der Waals surface area contributed by atoms with Crippen molar-refractivity contribution in [3.63, 3.8) is 0 Å². The first-order valence-electron chi connectivity index (χ1n) is 6.84. The van der Waals surface area contributed by atoms with Gasteiger partial charge < -0.3 is 4.74 Å². The van der Waals surface area contributed by atoms with Crippen molar-refractivity contribution in [2.75, 3.05) is 7.11 Å². The molecule has 0 saturated carbocycles. The molecule has 0 aliphatic carbocycles. The number of hydrogen-bond acceptors (Lipinski definition) is 7.